The minimum Gasteiger partial charge on any atom is -0.337 e. The molecule has 2 aromatic rings. The number of rotatable bonds is 3. The molecule has 3 heterocycles. The Morgan fingerprint density at radius 1 is 1.20 bits per heavy atom. The molecule has 158 valence electrons. The number of nitrogens with one attached hydrogen (secondary N) is 3. The molecule has 30 heavy (non-hydrogen) atoms. The molecule has 3 atom stereocenters. The van der Waals surface area contributed by atoms with Gasteiger partial charge in [-0.15, -0.1) is 0 Å². The summed E-state index contributed by atoms with van der Waals surface area (Å²) in [4.78, 5) is 47.8. The Hall–Kier alpha value is -3.16. The van der Waals surface area contributed by atoms with E-state index in [0.717, 1.165) is 24.8 Å². The lowest BCUT2D eigenvalue weighted by Gasteiger charge is -2.39. The van der Waals surface area contributed by atoms with Crippen molar-refractivity contribution in [1.29, 1.82) is 0 Å². The number of aryl methyl sites for hydroxylation is 1. The number of hydrogen-bond acceptors (Lipinski definition) is 5. The molecule has 4 rings (SSSR count). The monoisotopic (exact) mass is 409 g/mol. The second-order valence-electron chi connectivity index (χ2n) is 8.35. The maximum atomic E-state index is 13.0. The lowest BCUT2D eigenvalue weighted by molar-refractivity contribution is -0.123. The van der Waals surface area contributed by atoms with Crippen LogP contribution in [0.4, 0.5) is 17.5 Å². The number of anilines is 3. The first-order chi connectivity index (χ1) is 14.3. The summed E-state index contributed by atoms with van der Waals surface area (Å²) in [7, 11) is 0. The summed E-state index contributed by atoms with van der Waals surface area (Å²) in [6.07, 6.45) is 3.06. The van der Waals surface area contributed by atoms with E-state index >= 15 is 0 Å². The van der Waals surface area contributed by atoms with Crippen LogP contribution in [-0.4, -0.2) is 33.9 Å². The number of hydrogen-bond donors (Lipinski definition) is 3. The third-order valence-electron chi connectivity index (χ3n) is 5.98. The standard InChI is InChI=1S/C22H27N5O3/c1-12-6-4-9-15(10-12)23-20(29)16-11-17(28)24-19-18(16)21(30)26-22(25-19)27-13(2)7-5-8-14(27)3/h4,6,9-10,13-14,16H,5,7-8,11H2,1-3H3,(H,23,29)(H2,24,25,26,28,30)/t13-,14-,16+/m0/s1. The zero-order valence-corrected chi connectivity index (χ0v) is 17.5. The summed E-state index contributed by atoms with van der Waals surface area (Å²) in [6.45, 7) is 6.13. The maximum absolute atomic E-state index is 13.0. The van der Waals surface area contributed by atoms with Gasteiger partial charge in [0.15, 0.2) is 0 Å². The predicted octanol–water partition coefficient (Wildman–Crippen LogP) is 2.91. The van der Waals surface area contributed by atoms with E-state index in [1.807, 2.05) is 25.1 Å². The van der Waals surface area contributed by atoms with E-state index in [2.05, 4.69) is 39.3 Å². The quantitative estimate of drug-likeness (QED) is 0.723. The summed E-state index contributed by atoms with van der Waals surface area (Å²) in [5.74, 6) is -0.985. The fourth-order valence-corrected chi connectivity index (χ4v) is 4.50. The normalized spacial score (nSPS) is 23.5. The fourth-order valence-electron chi connectivity index (χ4n) is 4.50. The van der Waals surface area contributed by atoms with Crippen LogP contribution in [0.5, 0.6) is 0 Å². The van der Waals surface area contributed by atoms with Crippen LogP contribution in [0.25, 0.3) is 0 Å². The van der Waals surface area contributed by atoms with Gasteiger partial charge in [-0.05, 0) is 57.7 Å². The molecule has 3 N–H and O–H groups in total. The molecule has 2 aliphatic rings. The molecule has 0 bridgehead atoms. The smallest absolute Gasteiger partial charge is 0.258 e. The number of amides is 2. The van der Waals surface area contributed by atoms with Crippen molar-refractivity contribution in [2.75, 3.05) is 15.5 Å². The van der Waals surface area contributed by atoms with Gasteiger partial charge in [-0.2, -0.15) is 4.98 Å². The Morgan fingerprint density at radius 3 is 2.63 bits per heavy atom. The predicted molar refractivity (Wildman–Crippen MR) is 116 cm³/mol. The van der Waals surface area contributed by atoms with Crippen molar-refractivity contribution >= 4 is 29.3 Å². The lowest BCUT2D eigenvalue weighted by atomic mass is 9.92. The number of aromatic nitrogens is 2. The SMILES string of the molecule is Cc1cccc(NC(=O)[C@@H]2CC(=O)Nc3nc(N4[C@@H](C)CCC[C@@H]4C)[nH]c(=O)c32)c1. The van der Waals surface area contributed by atoms with Crippen molar-refractivity contribution in [3.05, 3.63) is 45.7 Å². The van der Waals surface area contributed by atoms with Gasteiger partial charge in [0.1, 0.15) is 5.82 Å². The van der Waals surface area contributed by atoms with Gasteiger partial charge in [0, 0.05) is 24.2 Å². The third kappa shape index (κ3) is 3.81. The molecule has 0 unspecified atom stereocenters. The Labute approximate surface area is 175 Å². The first-order valence-corrected chi connectivity index (χ1v) is 10.4. The zero-order chi connectivity index (χ0) is 21.4. The molecular weight excluding hydrogens is 382 g/mol. The highest BCUT2D eigenvalue weighted by atomic mass is 16.2. The van der Waals surface area contributed by atoms with Gasteiger partial charge >= 0.3 is 0 Å². The van der Waals surface area contributed by atoms with Crippen molar-refractivity contribution in [3.8, 4) is 0 Å². The van der Waals surface area contributed by atoms with Crippen LogP contribution in [0.15, 0.2) is 29.1 Å². The summed E-state index contributed by atoms with van der Waals surface area (Å²) in [5.41, 5.74) is 1.46. The number of carbonyl (C=O) groups is 2. The average Bonchev–Trinajstić information content (AvgIpc) is 2.67. The van der Waals surface area contributed by atoms with Gasteiger partial charge in [-0.3, -0.25) is 19.4 Å². The van der Waals surface area contributed by atoms with Gasteiger partial charge in [0.2, 0.25) is 17.8 Å². The fraction of sp³-hybridized carbons (Fsp3) is 0.455. The number of fused-ring (bicyclic) bond motifs is 1. The van der Waals surface area contributed by atoms with E-state index in [4.69, 9.17) is 0 Å². The van der Waals surface area contributed by atoms with Gasteiger partial charge in [0.05, 0.1) is 11.5 Å². The van der Waals surface area contributed by atoms with Crippen molar-refractivity contribution in [1.82, 2.24) is 9.97 Å². The molecule has 0 spiro atoms. The van der Waals surface area contributed by atoms with E-state index in [-0.39, 0.29) is 41.4 Å². The van der Waals surface area contributed by atoms with Crippen LogP contribution in [0.3, 0.4) is 0 Å². The van der Waals surface area contributed by atoms with E-state index < -0.39 is 11.8 Å². The van der Waals surface area contributed by atoms with Gasteiger partial charge in [0.25, 0.3) is 5.56 Å². The second-order valence-corrected chi connectivity index (χ2v) is 8.35. The molecule has 1 aromatic carbocycles. The third-order valence-corrected chi connectivity index (χ3v) is 5.98. The van der Waals surface area contributed by atoms with E-state index in [1.54, 1.807) is 6.07 Å². The van der Waals surface area contributed by atoms with Gasteiger partial charge < -0.3 is 15.5 Å². The second kappa shape index (κ2) is 7.93. The molecule has 1 fully saturated rings. The molecule has 0 aliphatic carbocycles. The molecular formula is C22H27N5O3. The Bertz CT molecular complexity index is 1040. The van der Waals surface area contributed by atoms with Gasteiger partial charge in [-0.25, -0.2) is 0 Å². The summed E-state index contributed by atoms with van der Waals surface area (Å²) < 4.78 is 0. The molecule has 0 radical (unpaired) electrons. The van der Waals surface area contributed by atoms with Crippen molar-refractivity contribution in [3.63, 3.8) is 0 Å². The minimum atomic E-state index is -0.893. The maximum Gasteiger partial charge on any atom is 0.258 e. The first kappa shape index (κ1) is 20.1. The van der Waals surface area contributed by atoms with Crippen LogP contribution >= 0.6 is 0 Å². The largest absolute Gasteiger partial charge is 0.337 e. The Kier molecular flexibility index (Phi) is 5.32. The molecule has 2 amide bonds. The molecule has 0 saturated carbocycles. The number of aromatic amines is 1. The van der Waals surface area contributed by atoms with Crippen molar-refractivity contribution in [2.24, 2.45) is 0 Å². The van der Waals surface area contributed by atoms with Crippen LogP contribution in [0.1, 0.15) is 56.6 Å². The topological polar surface area (TPSA) is 107 Å². The molecule has 2 aliphatic heterocycles. The lowest BCUT2D eigenvalue weighted by Crippen LogP contribution is -2.46. The van der Waals surface area contributed by atoms with E-state index in [9.17, 15) is 14.4 Å². The Morgan fingerprint density at radius 2 is 1.93 bits per heavy atom. The minimum absolute atomic E-state index is 0.0920. The van der Waals surface area contributed by atoms with E-state index in [0.29, 0.717) is 11.6 Å². The highest BCUT2D eigenvalue weighted by Crippen LogP contribution is 2.32. The van der Waals surface area contributed by atoms with Crippen LogP contribution in [0.2, 0.25) is 0 Å². The molecule has 8 nitrogen and oxygen atoms in total. The highest BCUT2D eigenvalue weighted by molar-refractivity contribution is 6.04. The molecule has 1 aromatic heterocycles. The average molecular weight is 409 g/mol. The van der Waals surface area contributed by atoms with Crippen molar-refractivity contribution < 1.29 is 9.59 Å². The Balaban J connectivity index is 1.68. The van der Waals surface area contributed by atoms with Crippen LogP contribution in [0, 0.1) is 6.92 Å². The zero-order valence-electron chi connectivity index (χ0n) is 17.5. The summed E-state index contributed by atoms with van der Waals surface area (Å²) >= 11 is 0. The summed E-state index contributed by atoms with van der Waals surface area (Å²) in [6, 6.07) is 7.85. The number of piperidine rings is 1. The van der Waals surface area contributed by atoms with Gasteiger partial charge in [-0.1, -0.05) is 12.1 Å². The highest BCUT2D eigenvalue weighted by Gasteiger charge is 2.36. The number of benzene rings is 1. The van der Waals surface area contributed by atoms with Crippen LogP contribution in [-0.2, 0) is 9.59 Å². The number of carbonyl (C=O) groups excluding carboxylic acids is 2. The van der Waals surface area contributed by atoms with E-state index in [1.165, 1.54) is 0 Å². The van der Waals surface area contributed by atoms with Crippen LogP contribution < -0.4 is 21.1 Å². The van der Waals surface area contributed by atoms with Crippen molar-refractivity contribution in [2.45, 2.75) is 64.5 Å². The number of nitrogens with zero attached hydrogens (tertiary/aromatic N) is 2. The first-order valence-electron chi connectivity index (χ1n) is 10.4. The molecule has 8 heteroatoms. The summed E-state index contributed by atoms with van der Waals surface area (Å²) in [5, 5.41) is 5.51. The number of H-pyrrole nitrogens is 1. The molecule has 1 saturated heterocycles.